The van der Waals surface area contributed by atoms with Crippen LogP contribution in [0.4, 0.5) is 0 Å². The van der Waals surface area contributed by atoms with Gasteiger partial charge < -0.3 is 24.0 Å². The van der Waals surface area contributed by atoms with Crippen LogP contribution in [0.5, 0.6) is 17.2 Å². The molecule has 0 spiro atoms. The summed E-state index contributed by atoms with van der Waals surface area (Å²) in [6, 6.07) is 13.4. The lowest BCUT2D eigenvalue weighted by molar-refractivity contribution is -0.135. The molecule has 2 aromatic carbocycles. The average molecular weight is 427 g/mol. The Kier molecular flexibility index (Phi) is 7.39. The second-order valence-corrected chi connectivity index (χ2v) is 7.73. The first-order valence-electron chi connectivity index (χ1n) is 10.3. The number of carbonyl (C=O) groups is 2. The highest BCUT2D eigenvalue weighted by Gasteiger charge is 2.35. The van der Waals surface area contributed by atoms with Crippen molar-refractivity contribution in [2.45, 2.75) is 19.4 Å². The molecule has 1 heterocycles. The van der Waals surface area contributed by atoms with Crippen molar-refractivity contribution < 1.29 is 23.8 Å². The van der Waals surface area contributed by atoms with E-state index >= 15 is 0 Å². The van der Waals surface area contributed by atoms with E-state index in [1.54, 1.807) is 38.2 Å². The molecule has 0 N–H and O–H groups in total. The minimum absolute atomic E-state index is 0.00946. The van der Waals surface area contributed by atoms with E-state index in [1.165, 1.54) is 0 Å². The van der Waals surface area contributed by atoms with E-state index in [9.17, 15) is 9.59 Å². The molecule has 1 aliphatic rings. The molecule has 1 fully saturated rings. The summed E-state index contributed by atoms with van der Waals surface area (Å²) in [6.07, 6.45) is 0.944. The fraction of sp³-hybridized carbons (Fsp3) is 0.417. The van der Waals surface area contributed by atoms with Crippen LogP contribution in [-0.4, -0.2) is 63.1 Å². The Hall–Kier alpha value is -3.22. The number of carbonyl (C=O) groups excluding carboxylic acids is 2. The number of amides is 2. The van der Waals surface area contributed by atoms with Crippen molar-refractivity contribution in [3.63, 3.8) is 0 Å². The van der Waals surface area contributed by atoms with Gasteiger partial charge in [-0.3, -0.25) is 9.59 Å². The highest BCUT2D eigenvalue weighted by atomic mass is 16.5. The predicted molar refractivity (Wildman–Crippen MR) is 117 cm³/mol. The largest absolute Gasteiger partial charge is 0.497 e. The average Bonchev–Trinajstić information content (AvgIpc) is 3.17. The molecule has 0 saturated carbocycles. The van der Waals surface area contributed by atoms with E-state index in [-0.39, 0.29) is 24.2 Å². The molecular weight excluding hydrogens is 396 g/mol. The summed E-state index contributed by atoms with van der Waals surface area (Å²) in [5.41, 5.74) is 2.04. The van der Waals surface area contributed by atoms with Gasteiger partial charge in [-0.15, -0.1) is 0 Å². The summed E-state index contributed by atoms with van der Waals surface area (Å²) in [7, 11) is 6.60. The van der Waals surface area contributed by atoms with Crippen LogP contribution in [0.15, 0.2) is 42.5 Å². The van der Waals surface area contributed by atoms with Crippen molar-refractivity contribution in [3.8, 4) is 17.2 Å². The van der Waals surface area contributed by atoms with Gasteiger partial charge in [0.2, 0.25) is 11.8 Å². The number of rotatable bonds is 9. The Labute approximate surface area is 183 Å². The number of hydrogen-bond acceptors (Lipinski definition) is 5. The minimum Gasteiger partial charge on any atom is -0.497 e. The van der Waals surface area contributed by atoms with Crippen molar-refractivity contribution in [2.75, 3.05) is 41.5 Å². The van der Waals surface area contributed by atoms with Crippen LogP contribution in [0.1, 0.15) is 17.5 Å². The van der Waals surface area contributed by atoms with Gasteiger partial charge in [-0.25, -0.2) is 0 Å². The number of nitrogens with zero attached hydrogens (tertiary/aromatic N) is 2. The van der Waals surface area contributed by atoms with Crippen LogP contribution in [0.3, 0.4) is 0 Å². The highest BCUT2D eigenvalue weighted by Crippen LogP contribution is 2.28. The predicted octanol–water partition coefficient (Wildman–Crippen LogP) is 2.76. The smallest absolute Gasteiger partial charge is 0.228 e. The number of methoxy groups -OCH3 is 3. The third-order valence-corrected chi connectivity index (χ3v) is 5.61. The van der Waals surface area contributed by atoms with E-state index in [1.807, 2.05) is 42.5 Å². The number of benzene rings is 2. The fourth-order valence-corrected chi connectivity index (χ4v) is 3.89. The first-order chi connectivity index (χ1) is 14.9. The molecule has 1 unspecified atom stereocenters. The molecule has 2 aromatic rings. The Morgan fingerprint density at radius 2 is 1.81 bits per heavy atom. The van der Waals surface area contributed by atoms with Crippen LogP contribution < -0.4 is 14.2 Å². The minimum atomic E-state index is -0.312. The summed E-state index contributed by atoms with van der Waals surface area (Å²) >= 11 is 0. The van der Waals surface area contributed by atoms with E-state index in [0.29, 0.717) is 37.6 Å². The first-order valence-corrected chi connectivity index (χ1v) is 10.3. The second-order valence-electron chi connectivity index (χ2n) is 7.73. The van der Waals surface area contributed by atoms with Gasteiger partial charge >= 0.3 is 0 Å². The Morgan fingerprint density at radius 3 is 2.52 bits per heavy atom. The number of hydrogen-bond donors (Lipinski definition) is 0. The van der Waals surface area contributed by atoms with Gasteiger partial charge in [-0.2, -0.15) is 0 Å². The number of likely N-dealkylation sites (tertiary alicyclic amines) is 1. The van der Waals surface area contributed by atoms with Crippen molar-refractivity contribution in [3.05, 3.63) is 53.6 Å². The molecule has 1 atom stereocenters. The van der Waals surface area contributed by atoms with Crippen LogP contribution in [0, 0.1) is 5.92 Å². The summed E-state index contributed by atoms with van der Waals surface area (Å²) in [6.45, 7) is 1.50. The third-order valence-electron chi connectivity index (χ3n) is 5.61. The molecule has 1 aliphatic heterocycles. The maximum Gasteiger partial charge on any atom is 0.228 e. The van der Waals surface area contributed by atoms with Gasteiger partial charge in [0.15, 0.2) is 11.5 Å². The Bertz CT molecular complexity index is 930. The molecule has 2 amide bonds. The summed E-state index contributed by atoms with van der Waals surface area (Å²) in [5.74, 6) is 1.80. The molecule has 31 heavy (non-hydrogen) atoms. The zero-order valence-electron chi connectivity index (χ0n) is 18.6. The zero-order valence-corrected chi connectivity index (χ0v) is 18.6. The topological polar surface area (TPSA) is 68.3 Å². The lowest BCUT2D eigenvalue weighted by Gasteiger charge is -2.22. The lowest BCUT2D eigenvalue weighted by Crippen LogP contribution is -2.34. The monoisotopic (exact) mass is 426 g/mol. The highest BCUT2D eigenvalue weighted by molar-refractivity contribution is 5.89. The fourth-order valence-electron chi connectivity index (χ4n) is 3.89. The normalized spacial score (nSPS) is 15.7. The second kappa shape index (κ2) is 10.2. The molecule has 3 rings (SSSR count). The van der Waals surface area contributed by atoms with Crippen LogP contribution in [0.25, 0.3) is 0 Å². The van der Waals surface area contributed by atoms with Gasteiger partial charge in [0.25, 0.3) is 0 Å². The van der Waals surface area contributed by atoms with Gasteiger partial charge in [-0.1, -0.05) is 18.2 Å². The number of ether oxygens (including phenoxy) is 3. The van der Waals surface area contributed by atoms with Crippen LogP contribution in [-0.2, 0) is 22.6 Å². The molecule has 0 aliphatic carbocycles. The Balaban J connectivity index is 1.56. The van der Waals surface area contributed by atoms with Crippen LogP contribution in [0.2, 0.25) is 0 Å². The molecule has 1 saturated heterocycles. The quantitative estimate of drug-likeness (QED) is 0.617. The van der Waals surface area contributed by atoms with E-state index < -0.39 is 0 Å². The molecular formula is C24H30N2O5. The van der Waals surface area contributed by atoms with Gasteiger partial charge in [0.1, 0.15) is 5.75 Å². The van der Waals surface area contributed by atoms with Crippen molar-refractivity contribution in [1.29, 1.82) is 0 Å². The molecule has 0 bridgehead atoms. The van der Waals surface area contributed by atoms with Crippen molar-refractivity contribution in [2.24, 2.45) is 5.92 Å². The zero-order chi connectivity index (χ0) is 22.4. The summed E-state index contributed by atoms with van der Waals surface area (Å²) in [5, 5.41) is 0. The van der Waals surface area contributed by atoms with E-state index in [4.69, 9.17) is 14.2 Å². The van der Waals surface area contributed by atoms with Gasteiger partial charge in [-0.05, 0) is 41.8 Å². The van der Waals surface area contributed by atoms with E-state index in [2.05, 4.69) is 0 Å². The molecule has 0 aromatic heterocycles. The maximum atomic E-state index is 12.9. The lowest BCUT2D eigenvalue weighted by atomic mass is 10.1. The first kappa shape index (κ1) is 22.5. The Morgan fingerprint density at radius 1 is 1.03 bits per heavy atom. The molecule has 7 nitrogen and oxygen atoms in total. The molecule has 7 heteroatoms. The SMILES string of the molecule is COc1cccc(CN(C)C(=O)C2CC(=O)N(CCc3ccc(OC)c(OC)c3)C2)c1. The molecule has 0 radical (unpaired) electrons. The summed E-state index contributed by atoms with van der Waals surface area (Å²) in [4.78, 5) is 28.9. The van der Waals surface area contributed by atoms with Gasteiger partial charge in [0.05, 0.1) is 27.2 Å². The van der Waals surface area contributed by atoms with Gasteiger partial charge in [0, 0.05) is 33.1 Å². The standard InChI is InChI=1S/C24H30N2O5/c1-25(15-18-6-5-7-20(12-18)29-2)24(28)19-14-23(27)26(16-19)11-10-17-8-9-21(30-3)22(13-17)31-4/h5-9,12-13,19H,10-11,14-16H2,1-4H3. The maximum absolute atomic E-state index is 12.9. The molecule has 166 valence electrons. The third kappa shape index (κ3) is 5.48. The van der Waals surface area contributed by atoms with E-state index in [0.717, 1.165) is 16.9 Å². The van der Waals surface area contributed by atoms with Crippen molar-refractivity contribution in [1.82, 2.24) is 9.80 Å². The van der Waals surface area contributed by atoms with Crippen molar-refractivity contribution >= 4 is 11.8 Å². The summed E-state index contributed by atoms with van der Waals surface area (Å²) < 4.78 is 15.9. The van der Waals surface area contributed by atoms with Crippen LogP contribution >= 0.6 is 0 Å².